The number of halogens is 2. The van der Waals surface area contributed by atoms with Gasteiger partial charge in [-0.2, -0.15) is 0 Å². The predicted molar refractivity (Wildman–Crippen MR) is 143 cm³/mol. The van der Waals surface area contributed by atoms with Crippen molar-refractivity contribution < 1.29 is 42.5 Å². The van der Waals surface area contributed by atoms with E-state index in [2.05, 4.69) is 5.32 Å². The molecule has 0 spiro atoms. The molecule has 41 heavy (non-hydrogen) atoms. The lowest BCUT2D eigenvalue weighted by molar-refractivity contribution is -0.147. The minimum absolute atomic E-state index is 0.0919. The molecule has 0 fully saturated rings. The van der Waals surface area contributed by atoms with Gasteiger partial charge in [0, 0.05) is 5.92 Å². The highest BCUT2D eigenvalue weighted by molar-refractivity contribution is 5.90. The monoisotopic (exact) mass is 566 g/mol. The molecule has 0 saturated carbocycles. The zero-order valence-corrected chi connectivity index (χ0v) is 21.8. The zero-order chi connectivity index (χ0) is 29.4. The standard InChI is InChI=1S/C30H28F2N2O7/c31-28(32)24(14-26(35)36)33-29(38)25(15-27(37)40-16-18-8-2-1-3-9-18)34-30(39)41-17-23-21-12-6-4-10-19(21)20-11-5-7-13-22(20)23/h1-13,23-25,28H,14-17H2,(H,33,38)(H,34,39)(H,35,36)/t24?,25-/m0/s1. The molecule has 0 heterocycles. The average molecular weight is 567 g/mol. The molecular weight excluding hydrogens is 538 g/mol. The normalized spacial score (nSPS) is 13.4. The molecule has 2 atom stereocenters. The number of esters is 1. The van der Waals surface area contributed by atoms with Gasteiger partial charge in [-0.05, 0) is 27.8 Å². The van der Waals surface area contributed by atoms with Crippen molar-refractivity contribution in [2.75, 3.05) is 6.61 Å². The van der Waals surface area contributed by atoms with Gasteiger partial charge in [0.1, 0.15) is 25.3 Å². The van der Waals surface area contributed by atoms with Gasteiger partial charge in [0.05, 0.1) is 12.8 Å². The Morgan fingerprint density at radius 3 is 1.95 bits per heavy atom. The van der Waals surface area contributed by atoms with Crippen LogP contribution in [0.5, 0.6) is 0 Å². The molecule has 0 bridgehead atoms. The summed E-state index contributed by atoms with van der Waals surface area (Å²) in [4.78, 5) is 49.1. The van der Waals surface area contributed by atoms with Crippen LogP contribution in [0.2, 0.25) is 0 Å². The Morgan fingerprint density at radius 2 is 1.37 bits per heavy atom. The largest absolute Gasteiger partial charge is 0.481 e. The van der Waals surface area contributed by atoms with E-state index < -0.39 is 55.3 Å². The summed E-state index contributed by atoms with van der Waals surface area (Å²) in [6.45, 7) is -0.205. The molecule has 3 N–H and O–H groups in total. The number of aliphatic carboxylic acids is 1. The molecule has 9 nitrogen and oxygen atoms in total. The van der Waals surface area contributed by atoms with Crippen LogP contribution in [0.25, 0.3) is 11.1 Å². The van der Waals surface area contributed by atoms with Crippen molar-refractivity contribution in [3.05, 3.63) is 95.6 Å². The van der Waals surface area contributed by atoms with Crippen LogP contribution in [0.4, 0.5) is 13.6 Å². The Kier molecular flexibility index (Phi) is 9.62. The smallest absolute Gasteiger partial charge is 0.407 e. The number of nitrogens with one attached hydrogen (secondary N) is 2. The number of carboxylic acids is 1. The van der Waals surface area contributed by atoms with Gasteiger partial charge in [-0.1, -0.05) is 78.9 Å². The van der Waals surface area contributed by atoms with Crippen molar-refractivity contribution in [3.63, 3.8) is 0 Å². The van der Waals surface area contributed by atoms with Crippen LogP contribution in [0, 0.1) is 0 Å². The highest BCUT2D eigenvalue weighted by Crippen LogP contribution is 2.44. The maximum absolute atomic E-state index is 13.4. The number of ether oxygens (including phenoxy) is 2. The minimum atomic E-state index is -3.20. The van der Waals surface area contributed by atoms with Crippen molar-refractivity contribution in [1.82, 2.24) is 10.6 Å². The SMILES string of the molecule is O=C(O)CC(NC(=O)[C@H](CC(=O)OCc1ccccc1)NC(=O)OCC1c2ccccc2-c2ccccc21)C(F)F. The van der Waals surface area contributed by atoms with Gasteiger partial charge in [0.15, 0.2) is 0 Å². The summed E-state index contributed by atoms with van der Waals surface area (Å²) in [5, 5.41) is 13.1. The first-order valence-electron chi connectivity index (χ1n) is 12.8. The average Bonchev–Trinajstić information content (AvgIpc) is 3.28. The number of fused-ring (bicyclic) bond motifs is 3. The Labute approximate surface area is 234 Å². The van der Waals surface area contributed by atoms with Crippen molar-refractivity contribution in [2.24, 2.45) is 0 Å². The minimum Gasteiger partial charge on any atom is -0.481 e. The third-order valence-electron chi connectivity index (χ3n) is 6.59. The Hall–Kier alpha value is -4.80. The van der Waals surface area contributed by atoms with Crippen LogP contribution in [-0.2, 0) is 30.5 Å². The van der Waals surface area contributed by atoms with E-state index in [1.54, 1.807) is 30.3 Å². The predicted octanol–water partition coefficient (Wildman–Crippen LogP) is 4.25. The second-order valence-corrected chi connectivity index (χ2v) is 9.42. The summed E-state index contributed by atoms with van der Waals surface area (Å²) in [7, 11) is 0. The fourth-order valence-electron chi connectivity index (χ4n) is 4.63. The number of amides is 2. The Bertz CT molecular complexity index is 1350. The van der Waals surface area contributed by atoms with Gasteiger partial charge < -0.3 is 25.2 Å². The van der Waals surface area contributed by atoms with E-state index in [0.29, 0.717) is 5.56 Å². The molecule has 4 rings (SSSR count). The first kappa shape index (κ1) is 29.2. The topological polar surface area (TPSA) is 131 Å². The molecule has 11 heteroatoms. The number of carbonyl (C=O) groups excluding carboxylic acids is 3. The van der Waals surface area contributed by atoms with E-state index in [1.165, 1.54) is 0 Å². The van der Waals surface area contributed by atoms with Crippen LogP contribution in [-0.4, -0.2) is 54.2 Å². The van der Waals surface area contributed by atoms with Gasteiger partial charge in [0.25, 0.3) is 6.43 Å². The van der Waals surface area contributed by atoms with E-state index in [9.17, 15) is 28.0 Å². The zero-order valence-electron chi connectivity index (χ0n) is 21.8. The number of carboxylic acid groups (broad SMARTS) is 1. The number of hydrogen-bond acceptors (Lipinski definition) is 6. The van der Waals surface area contributed by atoms with E-state index in [-0.39, 0.29) is 19.1 Å². The Balaban J connectivity index is 1.43. The van der Waals surface area contributed by atoms with Crippen LogP contribution in [0.3, 0.4) is 0 Å². The second-order valence-electron chi connectivity index (χ2n) is 9.42. The van der Waals surface area contributed by atoms with Gasteiger partial charge in [0.2, 0.25) is 5.91 Å². The molecule has 2 amide bonds. The first-order valence-corrected chi connectivity index (χ1v) is 12.8. The Morgan fingerprint density at radius 1 is 0.780 bits per heavy atom. The lowest BCUT2D eigenvalue weighted by Crippen LogP contribution is -2.52. The summed E-state index contributed by atoms with van der Waals surface area (Å²) in [5.41, 5.74) is 4.59. The quantitative estimate of drug-likeness (QED) is 0.279. The number of alkyl carbamates (subject to hydrolysis) is 1. The second kappa shape index (κ2) is 13.5. The van der Waals surface area contributed by atoms with Crippen molar-refractivity contribution >= 4 is 23.9 Å². The summed E-state index contributed by atoms with van der Waals surface area (Å²) >= 11 is 0. The molecule has 0 radical (unpaired) electrons. The summed E-state index contributed by atoms with van der Waals surface area (Å²) < 4.78 is 37.3. The van der Waals surface area contributed by atoms with Gasteiger partial charge in [-0.25, -0.2) is 13.6 Å². The van der Waals surface area contributed by atoms with Crippen molar-refractivity contribution in [1.29, 1.82) is 0 Å². The lowest BCUT2D eigenvalue weighted by Gasteiger charge is -2.22. The highest BCUT2D eigenvalue weighted by Gasteiger charge is 2.33. The van der Waals surface area contributed by atoms with Crippen molar-refractivity contribution in [2.45, 2.75) is 43.9 Å². The van der Waals surface area contributed by atoms with Gasteiger partial charge in [-0.3, -0.25) is 14.4 Å². The fourth-order valence-corrected chi connectivity index (χ4v) is 4.63. The molecule has 0 saturated heterocycles. The summed E-state index contributed by atoms with van der Waals surface area (Å²) in [6, 6.07) is 20.3. The maximum Gasteiger partial charge on any atom is 0.407 e. The number of rotatable bonds is 12. The number of benzene rings is 3. The lowest BCUT2D eigenvalue weighted by atomic mass is 9.98. The summed E-state index contributed by atoms with van der Waals surface area (Å²) in [6.07, 6.45) is -6.02. The molecular formula is C30H28F2N2O7. The van der Waals surface area contributed by atoms with Crippen LogP contribution in [0.1, 0.15) is 35.4 Å². The maximum atomic E-state index is 13.4. The third-order valence-corrected chi connectivity index (χ3v) is 6.59. The number of alkyl halides is 2. The van der Waals surface area contributed by atoms with E-state index in [4.69, 9.17) is 14.6 Å². The highest BCUT2D eigenvalue weighted by atomic mass is 19.3. The molecule has 214 valence electrons. The molecule has 1 aliphatic rings. The molecule has 0 aromatic heterocycles. The van der Waals surface area contributed by atoms with Crippen LogP contribution < -0.4 is 10.6 Å². The molecule has 3 aromatic carbocycles. The van der Waals surface area contributed by atoms with Gasteiger partial charge >= 0.3 is 18.0 Å². The van der Waals surface area contributed by atoms with Crippen LogP contribution >= 0.6 is 0 Å². The first-order chi connectivity index (χ1) is 19.7. The van der Waals surface area contributed by atoms with Crippen LogP contribution in [0.15, 0.2) is 78.9 Å². The number of hydrogen-bond donors (Lipinski definition) is 3. The number of carbonyl (C=O) groups is 4. The molecule has 1 aliphatic carbocycles. The van der Waals surface area contributed by atoms with Gasteiger partial charge in [-0.15, -0.1) is 0 Å². The van der Waals surface area contributed by atoms with Crippen molar-refractivity contribution in [3.8, 4) is 11.1 Å². The fraction of sp³-hybridized carbons (Fsp3) is 0.267. The molecule has 1 unspecified atom stereocenters. The molecule has 3 aromatic rings. The molecule has 0 aliphatic heterocycles. The van der Waals surface area contributed by atoms with E-state index in [0.717, 1.165) is 22.3 Å². The third kappa shape index (κ3) is 7.65. The van der Waals surface area contributed by atoms with E-state index >= 15 is 0 Å². The summed E-state index contributed by atoms with van der Waals surface area (Å²) in [5.74, 6) is -3.91. The van der Waals surface area contributed by atoms with E-state index in [1.807, 2.05) is 53.8 Å².